The van der Waals surface area contributed by atoms with Crippen molar-refractivity contribution in [2.24, 2.45) is 11.7 Å². The zero-order chi connectivity index (χ0) is 12.7. The molecule has 102 valence electrons. The molecule has 0 aromatic heterocycles. The van der Waals surface area contributed by atoms with Gasteiger partial charge in [-0.1, -0.05) is 27.2 Å². The van der Waals surface area contributed by atoms with Crippen molar-refractivity contribution in [2.45, 2.75) is 46.1 Å². The highest BCUT2D eigenvalue weighted by atomic mass is 15.3. The van der Waals surface area contributed by atoms with Crippen LogP contribution in [0.1, 0.15) is 40.0 Å². The number of hydrogen-bond donors (Lipinski definition) is 1. The summed E-state index contributed by atoms with van der Waals surface area (Å²) in [5, 5.41) is 0. The van der Waals surface area contributed by atoms with E-state index in [1.165, 1.54) is 45.6 Å². The van der Waals surface area contributed by atoms with Gasteiger partial charge in [-0.15, -0.1) is 0 Å². The summed E-state index contributed by atoms with van der Waals surface area (Å²) in [6, 6.07) is 0.359. The molecule has 2 N–H and O–H groups in total. The molecule has 1 fully saturated rings. The quantitative estimate of drug-likeness (QED) is 0.737. The van der Waals surface area contributed by atoms with Crippen LogP contribution in [-0.2, 0) is 0 Å². The van der Waals surface area contributed by atoms with Crippen LogP contribution in [0.25, 0.3) is 0 Å². The van der Waals surface area contributed by atoms with Gasteiger partial charge in [-0.3, -0.25) is 4.90 Å². The van der Waals surface area contributed by atoms with E-state index >= 15 is 0 Å². The van der Waals surface area contributed by atoms with Gasteiger partial charge in [-0.05, 0) is 25.3 Å². The summed E-state index contributed by atoms with van der Waals surface area (Å²) in [4.78, 5) is 5.13. The number of nitrogens with zero attached hydrogens (tertiary/aromatic N) is 2. The number of rotatable bonds is 7. The largest absolute Gasteiger partial charge is 0.327 e. The fourth-order valence-corrected chi connectivity index (χ4v) is 2.59. The first kappa shape index (κ1) is 14.9. The van der Waals surface area contributed by atoms with E-state index in [9.17, 15) is 0 Å². The van der Waals surface area contributed by atoms with E-state index in [0.717, 1.165) is 18.9 Å². The Morgan fingerprint density at radius 1 is 1.06 bits per heavy atom. The molecule has 1 aliphatic rings. The fourth-order valence-electron chi connectivity index (χ4n) is 2.59. The van der Waals surface area contributed by atoms with E-state index in [1.807, 2.05) is 0 Å². The maximum Gasteiger partial charge on any atom is 0.0170 e. The Morgan fingerprint density at radius 2 is 1.65 bits per heavy atom. The van der Waals surface area contributed by atoms with Crippen LogP contribution in [0.5, 0.6) is 0 Å². The lowest BCUT2D eigenvalue weighted by Crippen LogP contribution is -2.50. The van der Waals surface area contributed by atoms with Crippen LogP contribution in [0, 0.1) is 5.92 Å². The number of nitrogens with two attached hydrogens (primary N) is 1. The number of unbranched alkanes of at least 4 members (excludes halogenated alkanes) is 1. The van der Waals surface area contributed by atoms with Crippen molar-refractivity contribution in [1.29, 1.82) is 0 Å². The summed E-state index contributed by atoms with van der Waals surface area (Å²) < 4.78 is 0. The molecule has 0 radical (unpaired) electrons. The maximum absolute atomic E-state index is 6.17. The summed E-state index contributed by atoms with van der Waals surface area (Å²) >= 11 is 0. The molecule has 17 heavy (non-hydrogen) atoms. The highest BCUT2D eigenvalue weighted by Crippen LogP contribution is 2.07. The number of hydrogen-bond acceptors (Lipinski definition) is 3. The Balaban J connectivity index is 2.14. The van der Waals surface area contributed by atoms with Crippen molar-refractivity contribution in [3.63, 3.8) is 0 Å². The first-order chi connectivity index (χ1) is 8.11. The molecule has 1 rings (SSSR count). The minimum absolute atomic E-state index is 0.359. The van der Waals surface area contributed by atoms with Crippen molar-refractivity contribution in [3.05, 3.63) is 0 Å². The molecule has 0 spiro atoms. The third-order valence-corrected chi connectivity index (χ3v) is 3.56. The van der Waals surface area contributed by atoms with Crippen LogP contribution in [-0.4, -0.2) is 55.1 Å². The molecule has 0 unspecified atom stereocenters. The minimum Gasteiger partial charge on any atom is -0.327 e. The average Bonchev–Trinajstić information content (AvgIpc) is 2.27. The lowest BCUT2D eigenvalue weighted by molar-refractivity contribution is 0.123. The first-order valence-electron chi connectivity index (χ1n) is 7.32. The zero-order valence-corrected chi connectivity index (χ0v) is 12.0. The molecule has 0 bridgehead atoms. The highest BCUT2D eigenvalue weighted by molar-refractivity contribution is 4.76. The lowest BCUT2D eigenvalue weighted by Gasteiger charge is -2.36. The normalized spacial score (nSPS) is 21.0. The Labute approximate surface area is 107 Å². The van der Waals surface area contributed by atoms with Gasteiger partial charge >= 0.3 is 0 Å². The fraction of sp³-hybridized carbons (Fsp3) is 1.00. The summed E-state index contributed by atoms with van der Waals surface area (Å²) in [7, 11) is 0. The van der Waals surface area contributed by atoms with Gasteiger partial charge in [-0.2, -0.15) is 0 Å². The van der Waals surface area contributed by atoms with Crippen molar-refractivity contribution in [1.82, 2.24) is 9.80 Å². The second-order valence-electron chi connectivity index (χ2n) is 5.89. The van der Waals surface area contributed by atoms with E-state index in [2.05, 4.69) is 30.6 Å². The topological polar surface area (TPSA) is 32.5 Å². The molecule has 0 aromatic carbocycles. The van der Waals surface area contributed by atoms with Gasteiger partial charge in [0, 0.05) is 38.8 Å². The second kappa shape index (κ2) is 8.06. The minimum atomic E-state index is 0.359. The SMILES string of the molecule is CCCCN1CCN(C[C@@H](N)CC(C)C)CC1. The molecule has 1 aliphatic heterocycles. The van der Waals surface area contributed by atoms with Gasteiger partial charge in [0.15, 0.2) is 0 Å². The Bertz CT molecular complexity index is 186. The monoisotopic (exact) mass is 241 g/mol. The zero-order valence-electron chi connectivity index (χ0n) is 12.0. The Hall–Kier alpha value is -0.120. The molecule has 0 aromatic rings. The summed E-state index contributed by atoms with van der Waals surface area (Å²) in [5.74, 6) is 0.718. The third kappa shape index (κ3) is 6.39. The molecule has 3 nitrogen and oxygen atoms in total. The molecule has 1 saturated heterocycles. The standard InChI is InChI=1S/C14H31N3/c1-4-5-6-16-7-9-17(10-8-16)12-14(15)11-13(2)3/h13-14H,4-12,15H2,1-3H3/t14-/m0/s1. The Kier molecular flexibility index (Phi) is 7.09. The van der Waals surface area contributed by atoms with Crippen LogP contribution in [0.3, 0.4) is 0 Å². The van der Waals surface area contributed by atoms with E-state index in [0.29, 0.717) is 6.04 Å². The third-order valence-electron chi connectivity index (χ3n) is 3.56. The first-order valence-corrected chi connectivity index (χ1v) is 7.32. The van der Waals surface area contributed by atoms with Crippen LogP contribution in [0.4, 0.5) is 0 Å². The lowest BCUT2D eigenvalue weighted by atomic mass is 10.0. The van der Waals surface area contributed by atoms with Gasteiger partial charge < -0.3 is 10.6 Å². The predicted molar refractivity (Wildman–Crippen MR) is 75.2 cm³/mol. The number of piperazine rings is 1. The smallest absolute Gasteiger partial charge is 0.0170 e. The van der Waals surface area contributed by atoms with Gasteiger partial charge in [0.2, 0.25) is 0 Å². The van der Waals surface area contributed by atoms with E-state index in [4.69, 9.17) is 5.73 Å². The van der Waals surface area contributed by atoms with Crippen molar-refractivity contribution < 1.29 is 0 Å². The van der Waals surface area contributed by atoms with Crippen LogP contribution >= 0.6 is 0 Å². The van der Waals surface area contributed by atoms with Gasteiger partial charge in [0.25, 0.3) is 0 Å². The van der Waals surface area contributed by atoms with E-state index in [1.54, 1.807) is 0 Å². The highest BCUT2D eigenvalue weighted by Gasteiger charge is 2.18. The summed E-state index contributed by atoms with van der Waals surface area (Å²) in [6.45, 7) is 14.0. The van der Waals surface area contributed by atoms with Gasteiger partial charge in [-0.25, -0.2) is 0 Å². The molecule has 0 amide bonds. The van der Waals surface area contributed by atoms with Gasteiger partial charge in [0.1, 0.15) is 0 Å². The van der Waals surface area contributed by atoms with Gasteiger partial charge in [0.05, 0.1) is 0 Å². The van der Waals surface area contributed by atoms with Crippen LogP contribution in [0.15, 0.2) is 0 Å². The van der Waals surface area contributed by atoms with E-state index in [-0.39, 0.29) is 0 Å². The van der Waals surface area contributed by atoms with Crippen molar-refractivity contribution >= 4 is 0 Å². The molecule has 3 heteroatoms. The van der Waals surface area contributed by atoms with Crippen molar-refractivity contribution in [2.75, 3.05) is 39.3 Å². The molecular formula is C14H31N3. The molecule has 1 atom stereocenters. The van der Waals surface area contributed by atoms with Crippen LogP contribution < -0.4 is 5.73 Å². The molecule has 1 heterocycles. The van der Waals surface area contributed by atoms with E-state index < -0.39 is 0 Å². The maximum atomic E-state index is 6.17. The Morgan fingerprint density at radius 3 is 2.18 bits per heavy atom. The van der Waals surface area contributed by atoms with Crippen LogP contribution in [0.2, 0.25) is 0 Å². The average molecular weight is 241 g/mol. The summed E-state index contributed by atoms with van der Waals surface area (Å²) in [6.07, 6.45) is 3.79. The predicted octanol–water partition coefficient (Wildman–Crippen LogP) is 1.78. The van der Waals surface area contributed by atoms with Crippen molar-refractivity contribution in [3.8, 4) is 0 Å². The molecule has 0 saturated carbocycles. The summed E-state index contributed by atoms with van der Waals surface area (Å²) in [5.41, 5.74) is 6.17. The molecular weight excluding hydrogens is 210 g/mol. The second-order valence-corrected chi connectivity index (χ2v) is 5.89. The molecule has 0 aliphatic carbocycles.